The fraction of sp³-hybridized carbons (Fsp3) is 1.00. The molecule has 64 valence electrons. The maximum absolute atomic E-state index is 8.47. The summed E-state index contributed by atoms with van der Waals surface area (Å²) in [5, 5.41) is 16.9. The van der Waals surface area contributed by atoms with Crippen molar-refractivity contribution in [1.82, 2.24) is 11.1 Å². The van der Waals surface area contributed by atoms with Crippen molar-refractivity contribution in [1.29, 1.82) is 0 Å². The highest BCUT2D eigenvalue weighted by molar-refractivity contribution is 4.51. The number of likely N-dealkylation sites (N-methyl/N-ethyl adjacent to an activating group) is 1. The van der Waals surface area contributed by atoms with Gasteiger partial charge >= 0.3 is 0 Å². The molecule has 5 N–H and O–H groups in total. The third-order valence-electron chi connectivity index (χ3n) is 1.28. The van der Waals surface area contributed by atoms with Crippen LogP contribution in [0.4, 0.5) is 0 Å². The predicted octanol–water partition coefficient (Wildman–Crippen LogP) is -0.545. The molecule has 0 spiro atoms. The van der Waals surface area contributed by atoms with E-state index >= 15 is 0 Å². The van der Waals surface area contributed by atoms with Gasteiger partial charge in [-0.25, -0.2) is 0 Å². The number of rotatable bonds is 5. The lowest BCUT2D eigenvalue weighted by molar-refractivity contribution is 0.166. The Hall–Kier alpha value is -0.160. The highest BCUT2D eigenvalue weighted by Gasteiger charge is 1.97. The van der Waals surface area contributed by atoms with E-state index in [0.717, 1.165) is 6.54 Å². The van der Waals surface area contributed by atoms with Gasteiger partial charge in [-0.15, -0.1) is 0 Å². The second kappa shape index (κ2) is 8.84. The van der Waals surface area contributed by atoms with Gasteiger partial charge in [0.25, 0.3) is 0 Å². The first-order valence-electron chi connectivity index (χ1n) is 3.29. The van der Waals surface area contributed by atoms with E-state index in [0.29, 0.717) is 13.1 Å². The molecule has 0 aromatic carbocycles. The summed E-state index contributed by atoms with van der Waals surface area (Å²) in [6.45, 7) is 4.57. The molecule has 4 nitrogen and oxygen atoms in total. The first-order chi connectivity index (χ1) is 4.35. The molecule has 0 saturated carbocycles. The summed E-state index contributed by atoms with van der Waals surface area (Å²) in [6, 6.07) is 0. The van der Waals surface area contributed by atoms with Crippen molar-refractivity contribution in [2.75, 3.05) is 32.8 Å². The summed E-state index contributed by atoms with van der Waals surface area (Å²) in [5.74, 6) is 0. The molecule has 0 saturated heterocycles. The van der Waals surface area contributed by atoms with Crippen LogP contribution >= 0.6 is 0 Å². The van der Waals surface area contributed by atoms with Crippen molar-refractivity contribution in [2.24, 2.45) is 0 Å². The average molecular weight is 150 g/mol. The molecule has 0 aromatic rings. The van der Waals surface area contributed by atoms with Gasteiger partial charge in [-0.05, 0) is 6.54 Å². The van der Waals surface area contributed by atoms with Gasteiger partial charge in [0.1, 0.15) is 0 Å². The number of aliphatic hydroxyl groups is 2. The van der Waals surface area contributed by atoms with Crippen molar-refractivity contribution >= 4 is 0 Å². The Labute approximate surface area is 62.0 Å². The molecule has 0 atom stereocenters. The topological polar surface area (TPSA) is 78.7 Å². The molecule has 4 heteroatoms. The number of aliphatic hydroxyl groups excluding tert-OH is 2. The van der Waals surface area contributed by atoms with Crippen LogP contribution in [0.25, 0.3) is 0 Å². The van der Waals surface area contributed by atoms with Crippen molar-refractivity contribution in [2.45, 2.75) is 6.92 Å². The Kier molecular flexibility index (Phi) is 11.1. The first-order valence-corrected chi connectivity index (χ1v) is 3.29. The zero-order valence-corrected chi connectivity index (χ0v) is 6.58. The molecule has 0 aliphatic heterocycles. The van der Waals surface area contributed by atoms with Gasteiger partial charge in [-0.3, -0.25) is 4.90 Å². The van der Waals surface area contributed by atoms with E-state index in [4.69, 9.17) is 10.2 Å². The third kappa shape index (κ3) is 5.97. The van der Waals surface area contributed by atoms with E-state index in [1.54, 1.807) is 0 Å². The Morgan fingerprint density at radius 1 is 1.10 bits per heavy atom. The van der Waals surface area contributed by atoms with Crippen LogP contribution in [0.1, 0.15) is 6.92 Å². The summed E-state index contributed by atoms with van der Waals surface area (Å²) in [4.78, 5) is 1.99. The number of hydrogen-bond donors (Lipinski definition) is 3. The largest absolute Gasteiger partial charge is 0.395 e. The molecule has 0 rings (SSSR count). The molecule has 0 heterocycles. The molecule has 0 aliphatic rings. The van der Waals surface area contributed by atoms with Crippen molar-refractivity contribution in [3.8, 4) is 0 Å². The van der Waals surface area contributed by atoms with Crippen molar-refractivity contribution in [3.63, 3.8) is 0 Å². The Bertz CT molecular complexity index is 55.7. The van der Waals surface area contributed by atoms with Crippen LogP contribution in [-0.4, -0.2) is 48.0 Å². The summed E-state index contributed by atoms with van der Waals surface area (Å²) in [6.07, 6.45) is 0. The molecule has 0 radical (unpaired) electrons. The first kappa shape index (κ1) is 12.5. The maximum atomic E-state index is 8.47. The molecular formula is C6H18N2O2. The summed E-state index contributed by atoms with van der Waals surface area (Å²) >= 11 is 0. The minimum Gasteiger partial charge on any atom is -0.395 e. The van der Waals surface area contributed by atoms with Crippen LogP contribution in [0.15, 0.2) is 0 Å². The van der Waals surface area contributed by atoms with Crippen LogP contribution in [0, 0.1) is 0 Å². The monoisotopic (exact) mass is 150 g/mol. The lowest BCUT2D eigenvalue weighted by Gasteiger charge is -2.16. The predicted molar refractivity (Wildman–Crippen MR) is 41.3 cm³/mol. The summed E-state index contributed by atoms with van der Waals surface area (Å²) in [5.41, 5.74) is 0. The van der Waals surface area contributed by atoms with Crippen molar-refractivity contribution in [3.05, 3.63) is 0 Å². The van der Waals surface area contributed by atoms with Gasteiger partial charge in [-0.1, -0.05) is 6.92 Å². The molecule has 0 aromatic heterocycles. The van der Waals surface area contributed by atoms with Gasteiger partial charge in [0.05, 0.1) is 13.2 Å². The lowest BCUT2D eigenvalue weighted by Crippen LogP contribution is -2.29. The highest BCUT2D eigenvalue weighted by atomic mass is 16.3. The molecule has 0 unspecified atom stereocenters. The van der Waals surface area contributed by atoms with Crippen LogP contribution < -0.4 is 6.15 Å². The van der Waals surface area contributed by atoms with Gasteiger partial charge in [0.15, 0.2) is 0 Å². The van der Waals surface area contributed by atoms with Crippen LogP contribution in [0.5, 0.6) is 0 Å². The Balaban J connectivity index is 0. The normalized spacial score (nSPS) is 9.60. The number of nitrogens with zero attached hydrogens (tertiary/aromatic N) is 1. The van der Waals surface area contributed by atoms with E-state index in [-0.39, 0.29) is 19.4 Å². The third-order valence-corrected chi connectivity index (χ3v) is 1.28. The molecule has 0 amide bonds. The van der Waals surface area contributed by atoms with Crippen LogP contribution in [0.3, 0.4) is 0 Å². The highest BCUT2D eigenvalue weighted by Crippen LogP contribution is 1.83. The van der Waals surface area contributed by atoms with E-state index in [1.165, 1.54) is 0 Å². The minimum atomic E-state index is 0. The molecular weight excluding hydrogens is 132 g/mol. The van der Waals surface area contributed by atoms with Crippen molar-refractivity contribution < 1.29 is 10.2 Å². The lowest BCUT2D eigenvalue weighted by atomic mass is 10.5. The van der Waals surface area contributed by atoms with E-state index in [1.807, 2.05) is 11.8 Å². The molecule has 0 bridgehead atoms. The zero-order valence-electron chi connectivity index (χ0n) is 6.58. The second-order valence-corrected chi connectivity index (χ2v) is 1.88. The fourth-order valence-electron chi connectivity index (χ4n) is 0.711. The quantitative estimate of drug-likeness (QED) is 0.491. The number of hydrogen-bond acceptors (Lipinski definition) is 4. The average Bonchev–Trinajstić information content (AvgIpc) is 1.88. The molecule has 0 aliphatic carbocycles. The van der Waals surface area contributed by atoms with Gasteiger partial charge in [-0.2, -0.15) is 0 Å². The SMILES string of the molecule is CCN(CCO)CCO.N. The van der Waals surface area contributed by atoms with Crippen LogP contribution in [0.2, 0.25) is 0 Å². The standard InChI is InChI=1S/C6H15NO2.H3N/c1-2-7(3-5-8)4-6-9;/h8-9H,2-6H2,1H3;1H3. The second-order valence-electron chi connectivity index (χ2n) is 1.88. The van der Waals surface area contributed by atoms with Gasteiger partial charge < -0.3 is 16.4 Å². The molecule has 10 heavy (non-hydrogen) atoms. The van der Waals surface area contributed by atoms with Gasteiger partial charge in [0.2, 0.25) is 0 Å². The Morgan fingerprint density at radius 2 is 1.50 bits per heavy atom. The van der Waals surface area contributed by atoms with Gasteiger partial charge in [0, 0.05) is 13.1 Å². The Morgan fingerprint density at radius 3 is 1.70 bits per heavy atom. The summed E-state index contributed by atoms with van der Waals surface area (Å²) in [7, 11) is 0. The molecule has 0 fully saturated rings. The van der Waals surface area contributed by atoms with E-state index in [2.05, 4.69) is 0 Å². The summed E-state index contributed by atoms with van der Waals surface area (Å²) < 4.78 is 0. The minimum absolute atomic E-state index is 0. The fourth-order valence-corrected chi connectivity index (χ4v) is 0.711. The maximum Gasteiger partial charge on any atom is 0.0558 e. The van der Waals surface area contributed by atoms with E-state index < -0.39 is 0 Å². The zero-order chi connectivity index (χ0) is 7.11. The van der Waals surface area contributed by atoms with E-state index in [9.17, 15) is 0 Å². The van der Waals surface area contributed by atoms with Crippen LogP contribution in [-0.2, 0) is 0 Å². The smallest absolute Gasteiger partial charge is 0.0558 e.